The van der Waals surface area contributed by atoms with Crippen LogP contribution in [-0.2, 0) is 0 Å². The fourth-order valence-corrected chi connectivity index (χ4v) is 3.83. The minimum absolute atomic E-state index is 0.526. The van der Waals surface area contributed by atoms with Crippen LogP contribution in [0.5, 0.6) is 0 Å². The molecule has 0 spiro atoms. The molecule has 1 aromatic heterocycles. The predicted molar refractivity (Wildman–Crippen MR) is 101 cm³/mol. The summed E-state index contributed by atoms with van der Waals surface area (Å²) in [5.74, 6) is 1.08. The minimum Gasteiger partial charge on any atom is -0.360 e. The monoisotopic (exact) mass is 332 g/mol. The van der Waals surface area contributed by atoms with Gasteiger partial charge in [0.25, 0.3) is 0 Å². The Morgan fingerprint density at radius 1 is 1.00 bits per heavy atom. The maximum absolute atomic E-state index is 5.46. The molecule has 0 aromatic carbocycles. The van der Waals surface area contributed by atoms with Gasteiger partial charge in [-0.3, -0.25) is 0 Å². The van der Waals surface area contributed by atoms with Gasteiger partial charge in [-0.05, 0) is 56.5 Å². The van der Waals surface area contributed by atoms with Gasteiger partial charge < -0.3 is 15.5 Å². The van der Waals surface area contributed by atoms with Crippen molar-refractivity contribution in [1.29, 1.82) is 0 Å². The highest BCUT2D eigenvalue weighted by atomic mass is 32.1. The molecule has 0 bridgehead atoms. The molecule has 2 aliphatic rings. The Labute approximate surface area is 145 Å². The van der Waals surface area contributed by atoms with E-state index in [1.807, 2.05) is 6.20 Å². The molecule has 3 rings (SSSR count). The lowest BCUT2D eigenvalue weighted by molar-refractivity contribution is 0.535. The number of piperidine rings is 1. The van der Waals surface area contributed by atoms with E-state index in [2.05, 4.69) is 32.7 Å². The molecule has 0 atom stereocenters. The van der Waals surface area contributed by atoms with E-state index < -0.39 is 0 Å². The van der Waals surface area contributed by atoms with Crippen LogP contribution in [0.3, 0.4) is 0 Å². The highest BCUT2D eigenvalue weighted by Gasteiger charge is 2.14. The molecule has 1 saturated carbocycles. The molecule has 126 valence electrons. The van der Waals surface area contributed by atoms with Crippen LogP contribution in [0.4, 0.5) is 11.5 Å². The molecule has 1 saturated heterocycles. The highest BCUT2D eigenvalue weighted by molar-refractivity contribution is 7.80. The second-order valence-corrected chi connectivity index (χ2v) is 7.15. The SMILES string of the molecule is S=C(Nc1ccc(N2CCCCC2)nc1)NC1CCCCCC1. The van der Waals surface area contributed by atoms with Crippen molar-refractivity contribution in [2.75, 3.05) is 23.3 Å². The average molecular weight is 333 g/mol. The molecule has 2 N–H and O–H groups in total. The van der Waals surface area contributed by atoms with Crippen LogP contribution in [0, 0.1) is 0 Å². The normalized spacial score (nSPS) is 19.9. The van der Waals surface area contributed by atoms with Crippen LogP contribution in [-0.4, -0.2) is 29.2 Å². The summed E-state index contributed by atoms with van der Waals surface area (Å²) in [5.41, 5.74) is 0.969. The quantitative estimate of drug-likeness (QED) is 0.645. The number of nitrogens with one attached hydrogen (secondary N) is 2. The standard InChI is InChI=1S/C18H28N4S/c23-18(20-15-8-4-1-2-5-9-15)21-16-10-11-17(19-14-16)22-12-6-3-7-13-22/h10-11,14-15H,1-9,12-13H2,(H2,20,21,23). The second kappa shape index (κ2) is 8.48. The van der Waals surface area contributed by atoms with Gasteiger partial charge in [-0.2, -0.15) is 0 Å². The van der Waals surface area contributed by atoms with E-state index in [4.69, 9.17) is 12.2 Å². The van der Waals surface area contributed by atoms with Gasteiger partial charge in [-0.25, -0.2) is 4.98 Å². The van der Waals surface area contributed by atoms with E-state index >= 15 is 0 Å². The fourth-order valence-electron chi connectivity index (χ4n) is 3.55. The van der Waals surface area contributed by atoms with Crippen LogP contribution < -0.4 is 15.5 Å². The third kappa shape index (κ3) is 5.06. The van der Waals surface area contributed by atoms with Crippen LogP contribution in [0.25, 0.3) is 0 Å². The van der Waals surface area contributed by atoms with Gasteiger partial charge in [-0.15, -0.1) is 0 Å². The summed E-state index contributed by atoms with van der Waals surface area (Å²) in [6.45, 7) is 2.25. The average Bonchev–Trinajstić information content (AvgIpc) is 2.85. The first-order valence-electron chi connectivity index (χ1n) is 9.10. The lowest BCUT2D eigenvalue weighted by atomic mass is 10.1. The Kier molecular flexibility index (Phi) is 6.08. The smallest absolute Gasteiger partial charge is 0.171 e. The summed E-state index contributed by atoms with van der Waals surface area (Å²) in [4.78, 5) is 6.96. The lowest BCUT2D eigenvalue weighted by Crippen LogP contribution is -2.37. The Morgan fingerprint density at radius 2 is 1.70 bits per heavy atom. The highest BCUT2D eigenvalue weighted by Crippen LogP contribution is 2.20. The predicted octanol–water partition coefficient (Wildman–Crippen LogP) is 4.08. The third-order valence-corrected chi connectivity index (χ3v) is 5.10. The van der Waals surface area contributed by atoms with Crippen molar-refractivity contribution in [3.8, 4) is 0 Å². The number of hydrogen-bond acceptors (Lipinski definition) is 3. The van der Waals surface area contributed by atoms with E-state index in [9.17, 15) is 0 Å². The lowest BCUT2D eigenvalue weighted by Gasteiger charge is -2.27. The van der Waals surface area contributed by atoms with Crippen molar-refractivity contribution in [2.45, 2.75) is 63.8 Å². The summed E-state index contributed by atoms with van der Waals surface area (Å²) in [7, 11) is 0. The van der Waals surface area contributed by atoms with Crippen molar-refractivity contribution >= 4 is 28.8 Å². The summed E-state index contributed by atoms with van der Waals surface area (Å²) < 4.78 is 0. The van der Waals surface area contributed by atoms with E-state index in [0.29, 0.717) is 6.04 Å². The van der Waals surface area contributed by atoms with Crippen molar-refractivity contribution in [2.24, 2.45) is 0 Å². The molecule has 0 radical (unpaired) electrons. The van der Waals surface area contributed by atoms with Gasteiger partial charge in [0.1, 0.15) is 5.82 Å². The molecule has 0 unspecified atom stereocenters. The van der Waals surface area contributed by atoms with E-state index in [1.165, 1.54) is 57.8 Å². The molecule has 4 nitrogen and oxygen atoms in total. The Balaban J connectivity index is 1.49. The number of rotatable bonds is 3. The Hall–Kier alpha value is -1.36. The second-order valence-electron chi connectivity index (χ2n) is 6.74. The van der Waals surface area contributed by atoms with Gasteiger partial charge >= 0.3 is 0 Å². The fraction of sp³-hybridized carbons (Fsp3) is 0.667. The number of hydrogen-bond donors (Lipinski definition) is 2. The number of thiocarbonyl (C=S) groups is 1. The Morgan fingerprint density at radius 3 is 2.35 bits per heavy atom. The van der Waals surface area contributed by atoms with Crippen molar-refractivity contribution < 1.29 is 0 Å². The van der Waals surface area contributed by atoms with Crippen molar-refractivity contribution in [1.82, 2.24) is 10.3 Å². The maximum atomic E-state index is 5.46. The summed E-state index contributed by atoms with van der Waals surface area (Å²) >= 11 is 5.46. The molecular formula is C18H28N4S. The van der Waals surface area contributed by atoms with E-state index in [1.54, 1.807) is 0 Å². The maximum Gasteiger partial charge on any atom is 0.171 e. The molecule has 23 heavy (non-hydrogen) atoms. The molecule has 0 amide bonds. The molecule has 1 aliphatic heterocycles. The molecular weight excluding hydrogens is 304 g/mol. The van der Waals surface area contributed by atoms with Crippen molar-refractivity contribution in [3.63, 3.8) is 0 Å². The summed E-state index contributed by atoms with van der Waals surface area (Å²) in [6.07, 6.45) is 13.6. The van der Waals surface area contributed by atoms with Gasteiger partial charge in [-0.1, -0.05) is 25.7 Å². The zero-order valence-electron chi connectivity index (χ0n) is 13.9. The van der Waals surface area contributed by atoms with Gasteiger partial charge in [0, 0.05) is 19.1 Å². The largest absolute Gasteiger partial charge is 0.360 e. The first-order valence-corrected chi connectivity index (χ1v) is 9.50. The zero-order valence-corrected chi connectivity index (χ0v) is 14.7. The number of pyridine rings is 1. The molecule has 2 fully saturated rings. The van der Waals surface area contributed by atoms with Gasteiger partial charge in [0.2, 0.25) is 0 Å². The summed E-state index contributed by atoms with van der Waals surface area (Å²) in [5, 5.41) is 7.47. The Bertz CT molecular complexity index is 488. The van der Waals surface area contributed by atoms with E-state index in [-0.39, 0.29) is 0 Å². The van der Waals surface area contributed by atoms with Gasteiger partial charge in [0.15, 0.2) is 5.11 Å². The first-order chi connectivity index (χ1) is 11.3. The number of aromatic nitrogens is 1. The third-order valence-electron chi connectivity index (χ3n) is 4.88. The van der Waals surface area contributed by atoms with Crippen LogP contribution in [0.15, 0.2) is 18.3 Å². The summed E-state index contributed by atoms with van der Waals surface area (Å²) in [6, 6.07) is 4.71. The van der Waals surface area contributed by atoms with Crippen molar-refractivity contribution in [3.05, 3.63) is 18.3 Å². The first kappa shape index (κ1) is 16.5. The minimum atomic E-state index is 0.526. The number of nitrogens with zero attached hydrogens (tertiary/aromatic N) is 2. The molecule has 5 heteroatoms. The van der Waals surface area contributed by atoms with Crippen LogP contribution in [0.2, 0.25) is 0 Å². The molecule has 1 aromatic rings. The zero-order chi connectivity index (χ0) is 15.9. The van der Waals surface area contributed by atoms with Gasteiger partial charge in [0.05, 0.1) is 11.9 Å². The van der Waals surface area contributed by atoms with E-state index in [0.717, 1.165) is 29.7 Å². The molecule has 2 heterocycles. The van der Waals surface area contributed by atoms with Crippen LogP contribution in [0.1, 0.15) is 57.8 Å². The topological polar surface area (TPSA) is 40.2 Å². The van der Waals surface area contributed by atoms with Crippen LogP contribution >= 0.6 is 12.2 Å². The number of anilines is 2. The molecule has 1 aliphatic carbocycles.